The molecule has 4 nitrogen and oxygen atoms in total. The highest BCUT2D eigenvalue weighted by Gasteiger charge is 2.15. The van der Waals surface area contributed by atoms with E-state index in [2.05, 4.69) is 23.8 Å². The standard InChI is InChI=1S/C12H18N2O2S/c1-14(2)13-8-9-6-10-11(7-12(9)17-3)16-5-4-15-10/h6-7,13H,4-5,8H2,1-3H3. The minimum Gasteiger partial charge on any atom is -0.486 e. The molecule has 0 unspecified atom stereocenters. The average Bonchev–Trinajstić information content (AvgIpc) is 2.35. The number of hydrazine groups is 1. The Hall–Kier alpha value is -0.910. The fraction of sp³-hybridized carbons (Fsp3) is 0.500. The van der Waals surface area contributed by atoms with E-state index in [1.54, 1.807) is 11.8 Å². The summed E-state index contributed by atoms with van der Waals surface area (Å²) in [6, 6.07) is 4.13. The van der Waals surface area contributed by atoms with Gasteiger partial charge in [0, 0.05) is 25.5 Å². The number of hydrogen-bond donors (Lipinski definition) is 1. The van der Waals surface area contributed by atoms with Crippen LogP contribution in [-0.2, 0) is 6.54 Å². The van der Waals surface area contributed by atoms with Crippen LogP contribution in [0.2, 0.25) is 0 Å². The molecule has 5 heteroatoms. The third kappa shape index (κ3) is 3.06. The van der Waals surface area contributed by atoms with E-state index in [1.807, 2.05) is 19.1 Å². The first-order valence-electron chi connectivity index (χ1n) is 5.58. The number of nitrogens with zero attached hydrogens (tertiary/aromatic N) is 1. The molecule has 1 aromatic rings. The van der Waals surface area contributed by atoms with Crippen molar-refractivity contribution >= 4 is 11.8 Å². The molecule has 2 rings (SSSR count). The van der Waals surface area contributed by atoms with E-state index in [0.29, 0.717) is 13.2 Å². The first-order valence-corrected chi connectivity index (χ1v) is 6.80. The fourth-order valence-corrected chi connectivity index (χ4v) is 2.30. The molecule has 1 aliphatic heterocycles. The summed E-state index contributed by atoms with van der Waals surface area (Å²) in [5, 5.41) is 1.95. The summed E-state index contributed by atoms with van der Waals surface area (Å²) in [5.74, 6) is 1.71. The number of fused-ring (bicyclic) bond motifs is 1. The Labute approximate surface area is 106 Å². The third-order valence-electron chi connectivity index (χ3n) is 2.53. The molecule has 17 heavy (non-hydrogen) atoms. The lowest BCUT2D eigenvalue weighted by molar-refractivity contribution is 0.170. The molecule has 0 saturated heterocycles. The second kappa shape index (κ2) is 5.62. The van der Waals surface area contributed by atoms with E-state index < -0.39 is 0 Å². The van der Waals surface area contributed by atoms with Gasteiger partial charge in [-0.3, -0.25) is 10.4 Å². The van der Waals surface area contributed by atoms with Gasteiger partial charge >= 0.3 is 0 Å². The maximum atomic E-state index is 5.59. The highest BCUT2D eigenvalue weighted by Crippen LogP contribution is 2.36. The van der Waals surface area contributed by atoms with Crippen LogP contribution in [0.1, 0.15) is 5.56 Å². The lowest BCUT2D eigenvalue weighted by Gasteiger charge is -2.21. The van der Waals surface area contributed by atoms with Gasteiger partial charge in [0.2, 0.25) is 0 Å². The lowest BCUT2D eigenvalue weighted by atomic mass is 10.2. The van der Waals surface area contributed by atoms with Crippen molar-refractivity contribution < 1.29 is 9.47 Å². The predicted molar refractivity (Wildman–Crippen MR) is 69.7 cm³/mol. The second-order valence-electron chi connectivity index (χ2n) is 4.04. The Balaban J connectivity index is 2.23. The van der Waals surface area contributed by atoms with Gasteiger partial charge < -0.3 is 9.47 Å². The van der Waals surface area contributed by atoms with Crippen molar-refractivity contribution in [2.75, 3.05) is 33.6 Å². The maximum absolute atomic E-state index is 5.59. The summed E-state index contributed by atoms with van der Waals surface area (Å²) in [6.07, 6.45) is 2.07. The molecule has 0 bridgehead atoms. The van der Waals surface area contributed by atoms with Crippen molar-refractivity contribution in [1.82, 2.24) is 10.4 Å². The van der Waals surface area contributed by atoms with E-state index >= 15 is 0 Å². The van der Waals surface area contributed by atoms with Crippen LogP contribution in [0.15, 0.2) is 17.0 Å². The van der Waals surface area contributed by atoms with E-state index in [1.165, 1.54) is 10.5 Å². The second-order valence-corrected chi connectivity index (χ2v) is 4.89. The molecule has 1 heterocycles. The van der Waals surface area contributed by atoms with E-state index in [-0.39, 0.29) is 0 Å². The number of hydrogen-bond acceptors (Lipinski definition) is 5. The summed E-state index contributed by atoms with van der Waals surface area (Å²) in [5.41, 5.74) is 4.50. The van der Waals surface area contributed by atoms with Crippen LogP contribution in [0.25, 0.3) is 0 Å². The summed E-state index contributed by atoms with van der Waals surface area (Å²) >= 11 is 1.73. The van der Waals surface area contributed by atoms with Crippen LogP contribution in [0, 0.1) is 0 Å². The number of benzene rings is 1. The van der Waals surface area contributed by atoms with Gasteiger partial charge in [-0.1, -0.05) is 0 Å². The normalized spacial score (nSPS) is 14.1. The zero-order valence-corrected chi connectivity index (χ0v) is 11.3. The molecule has 0 fully saturated rings. The maximum Gasteiger partial charge on any atom is 0.162 e. The molecule has 0 atom stereocenters. The molecule has 1 aliphatic rings. The summed E-state index contributed by atoms with van der Waals surface area (Å²) < 4.78 is 11.2. The molecular weight excluding hydrogens is 236 g/mol. The molecule has 1 aromatic carbocycles. The van der Waals surface area contributed by atoms with Crippen LogP contribution in [-0.4, -0.2) is 38.6 Å². The van der Waals surface area contributed by atoms with Crippen LogP contribution < -0.4 is 14.9 Å². The number of ether oxygens (including phenoxy) is 2. The molecule has 0 spiro atoms. The molecule has 0 aromatic heterocycles. The van der Waals surface area contributed by atoms with Gasteiger partial charge in [-0.2, -0.15) is 0 Å². The van der Waals surface area contributed by atoms with Crippen molar-refractivity contribution in [3.8, 4) is 11.5 Å². The first-order chi connectivity index (χ1) is 8.20. The minimum absolute atomic E-state index is 0.631. The lowest BCUT2D eigenvalue weighted by Crippen LogP contribution is -2.29. The quantitative estimate of drug-likeness (QED) is 0.654. The molecule has 94 valence electrons. The van der Waals surface area contributed by atoms with Crippen LogP contribution in [0.3, 0.4) is 0 Å². The fourth-order valence-electron chi connectivity index (χ4n) is 1.68. The Morgan fingerprint density at radius 1 is 1.24 bits per heavy atom. The highest BCUT2D eigenvalue weighted by atomic mass is 32.2. The SMILES string of the molecule is CSc1cc2c(cc1CNN(C)C)OCCO2. The summed E-state index contributed by atoms with van der Waals surface area (Å²) in [4.78, 5) is 1.23. The smallest absolute Gasteiger partial charge is 0.162 e. The largest absolute Gasteiger partial charge is 0.486 e. The van der Waals surface area contributed by atoms with Crippen molar-refractivity contribution in [2.24, 2.45) is 0 Å². The first kappa shape index (κ1) is 12.5. The van der Waals surface area contributed by atoms with Gasteiger partial charge in [0.1, 0.15) is 13.2 Å². The molecule has 0 radical (unpaired) electrons. The summed E-state index contributed by atoms with van der Waals surface area (Å²) in [6.45, 7) is 2.06. The number of thioether (sulfide) groups is 1. The zero-order chi connectivity index (χ0) is 12.3. The Morgan fingerprint density at radius 3 is 2.47 bits per heavy atom. The average molecular weight is 254 g/mol. The van der Waals surface area contributed by atoms with Crippen molar-refractivity contribution in [3.63, 3.8) is 0 Å². The Morgan fingerprint density at radius 2 is 1.88 bits per heavy atom. The van der Waals surface area contributed by atoms with Crippen molar-refractivity contribution in [2.45, 2.75) is 11.4 Å². The predicted octanol–water partition coefficient (Wildman–Crippen LogP) is 1.75. The highest BCUT2D eigenvalue weighted by molar-refractivity contribution is 7.98. The van der Waals surface area contributed by atoms with Gasteiger partial charge in [0.25, 0.3) is 0 Å². The molecular formula is C12H18N2O2S. The van der Waals surface area contributed by atoms with Crippen LogP contribution in [0.4, 0.5) is 0 Å². The third-order valence-corrected chi connectivity index (χ3v) is 3.35. The van der Waals surface area contributed by atoms with Gasteiger partial charge in [0.05, 0.1) is 0 Å². The van der Waals surface area contributed by atoms with Crippen LogP contribution in [0.5, 0.6) is 11.5 Å². The van der Waals surface area contributed by atoms with E-state index in [0.717, 1.165) is 18.0 Å². The van der Waals surface area contributed by atoms with Gasteiger partial charge in [-0.05, 0) is 24.0 Å². The molecule has 0 aliphatic carbocycles. The van der Waals surface area contributed by atoms with Crippen molar-refractivity contribution in [3.05, 3.63) is 17.7 Å². The zero-order valence-electron chi connectivity index (χ0n) is 10.4. The van der Waals surface area contributed by atoms with E-state index in [9.17, 15) is 0 Å². The Kier molecular flexibility index (Phi) is 4.15. The van der Waals surface area contributed by atoms with E-state index in [4.69, 9.17) is 9.47 Å². The summed E-state index contributed by atoms with van der Waals surface area (Å²) in [7, 11) is 3.97. The Bertz CT molecular complexity index is 396. The van der Waals surface area contributed by atoms with Gasteiger partial charge in [0.15, 0.2) is 11.5 Å². The van der Waals surface area contributed by atoms with Gasteiger partial charge in [-0.25, -0.2) is 0 Å². The number of rotatable bonds is 4. The van der Waals surface area contributed by atoms with Crippen LogP contribution >= 0.6 is 11.8 Å². The van der Waals surface area contributed by atoms with Gasteiger partial charge in [-0.15, -0.1) is 11.8 Å². The molecule has 0 saturated carbocycles. The molecule has 1 N–H and O–H groups in total. The topological polar surface area (TPSA) is 33.7 Å². The monoisotopic (exact) mass is 254 g/mol. The molecule has 0 amide bonds. The van der Waals surface area contributed by atoms with Crippen molar-refractivity contribution in [1.29, 1.82) is 0 Å². The number of nitrogens with one attached hydrogen (secondary N) is 1. The minimum atomic E-state index is 0.631.